The zero-order valence-corrected chi connectivity index (χ0v) is 70.0. The van der Waals surface area contributed by atoms with Gasteiger partial charge in [-0.25, -0.2) is 28.7 Å². The molecule has 0 aliphatic carbocycles. The lowest BCUT2D eigenvalue weighted by Crippen LogP contribution is -2.27. The van der Waals surface area contributed by atoms with Gasteiger partial charge in [-0.1, -0.05) is 68.4 Å². The predicted molar refractivity (Wildman–Crippen MR) is 468 cm³/mol. The fraction of sp³-hybridized carbons (Fsp3) is 0.183. The molecule has 4 amide bonds. The minimum atomic E-state index is -0.534. The lowest BCUT2D eigenvalue weighted by Gasteiger charge is -2.17. The molecule has 0 atom stereocenters. The smallest absolute Gasteiger partial charge is 0.290 e. The Morgan fingerprint density at radius 3 is 1.00 bits per heavy atom. The van der Waals surface area contributed by atoms with Gasteiger partial charge in [0.25, 0.3) is 30.1 Å². The number of anilines is 4. The highest BCUT2D eigenvalue weighted by Crippen LogP contribution is 2.33. The van der Waals surface area contributed by atoms with Crippen LogP contribution < -0.4 is 21.3 Å². The van der Waals surface area contributed by atoms with Crippen LogP contribution in [-0.4, -0.2) is 219 Å². The molecule has 43 heteroatoms. The Morgan fingerprint density at radius 1 is 0.424 bits per heavy atom. The first-order chi connectivity index (χ1) is 61.3. The number of nitrogens with one attached hydrogen (secondary N) is 8. The van der Waals surface area contributed by atoms with Gasteiger partial charge in [0.05, 0.1) is 123 Å². The van der Waals surface area contributed by atoms with Crippen molar-refractivity contribution < 1.29 is 47.3 Å². The highest BCUT2D eigenvalue weighted by Gasteiger charge is 2.25. The number of benzene rings is 1. The Labute approximate surface area is 726 Å². The number of H-pyrrole nitrogens is 4. The maximum Gasteiger partial charge on any atom is 0.290 e. The number of thiazole rings is 4. The molecule has 0 aliphatic heterocycles. The fourth-order valence-electron chi connectivity index (χ4n) is 11.7. The van der Waals surface area contributed by atoms with Crippen molar-refractivity contribution >= 4 is 98.2 Å². The molecule has 17 aromatic rings. The van der Waals surface area contributed by atoms with E-state index in [0.29, 0.717) is 134 Å². The molecule has 1 aromatic carbocycles. The molecule has 0 radical (unpaired) electrons. The molecule has 9 N–H and O–H groups in total. The standard InChI is InChI=1S/C22H17N7OS.C21H24N8OS.2C19H18FN7O2S.CH2O2/c30-21(19-14-31-22(27-19)16-10-24-25-11-16)26-18-13-29(12-15-6-2-1-3-7-15)28-20(18)17-8-4-5-9-23-17;1-3-28(4-2)9-10-29-13-17(19(27-29)16-7-5-6-8-22-16)25-20(30)18-14-31-21(26-18)15-11-23-24-12-15;2*20-4-7-29-8-6-27-11-15(17(26-27)14-3-1-2-5-21-14)24-18(28)16-12-30-19(25-16)13-9-22-23-10-13;2-1-3/h1-11,13-14H,12H2,(H,24,25)(H,26,30);5-8,11-14H,3-4,9-10H2,1-2H3,(H,23,24)(H,25,30);2*1-3,5,9-12H,4,6-8H2,(H,22,23)(H,24,28);1H,(H,2,3). The normalized spacial score (nSPS) is 10.8. The van der Waals surface area contributed by atoms with Gasteiger partial charge in [-0.15, -0.1) is 45.3 Å². The van der Waals surface area contributed by atoms with E-state index in [9.17, 15) is 28.0 Å². The van der Waals surface area contributed by atoms with Gasteiger partial charge in [0, 0.05) is 125 Å². The summed E-state index contributed by atoms with van der Waals surface area (Å²) < 4.78 is 41.7. The van der Waals surface area contributed by atoms with Gasteiger partial charge in [0.2, 0.25) is 0 Å². The van der Waals surface area contributed by atoms with Gasteiger partial charge in [-0.2, -0.15) is 40.8 Å². The summed E-state index contributed by atoms with van der Waals surface area (Å²) in [4.78, 5) is 97.1. The zero-order chi connectivity index (χ0) is 86.9. The average Bonchev–Trinajstić information content (AvgIpc) is 1.65. The zero-order valence-electron chi connectivity index (χ0n) is 66.7. The number of carbonyl (C=O) groups excluding carboxylic acids is 4. The summed E-state index contributed by atoms with van der Waals surface area (Å²) >= 11 is 5.50. The second kappa shape index (κ2) is 45.1. The van der Waals surface area contributed by atoms with E-state index >= 15 is 0 Å². The van der Waals surface area contributed by atoms with Crippen LogP contribution in [0.15, 0.2) is 224 Å². The summed E-state index contributed by atoms with van der Waals surface area (Å²) in [6, 6.07) is 32.2. The number of carboxylic acid groups (broad SMARTS) is 1. The average molecular weight is 1760 g/mol. The van der Waals surface area contributed by atoms with Crippen LogP contribution in [0.1, 0.15) is 61.4 Å². The van der Waals surface area contributed by atoms with E-state index in [4.69, 9.17) is 24.5 Å². The summed E-state index contributed by atoms with van der Waals surface area (Å²) in [7, 11) is 0. The van der Waals surface area contributed by atoms with Crippen molar-refractivity contribution in [2.75, 3.05) is 80.7 Å². The molecular formula is C82H79F2N29O8S4. The first-order valence-corrected chi connectivity index (χ1v) is 42.0. The van der Waals surface area contributed by atoms with Crippen LogP contribution in [0.2, 0.25) is 0 Å². The highest BCUT2D eigenvalue weighted by molar-refractivity contribution is 7.14. The second-order valence-electron chi connectivity index (χ2n) is 26.0. The molecule has 17 rings (SSSR count). The minimum Gasteiger partial charge on any atom is -0.483 e. The molecule has 125 heavy (non-hydrogen) atoms. The summed E-state index contributed by atoms with van der Waals surface area (Å²) in [5, 5.41) is 73.2. The van der Waals surface area contributed by atoms with Crippen molar-refractivity contribution in [3.05, 3.63) is 252 Å². The first kappa shape index (κ1) is 87.9. The van der Waals surface area contributed by atoms with E-state index < -0.39 is 13.3 Å². The summed E-state index contributed by atoms with van der Waals surface area (Å²) in [5.74, 6) is -1.30. The lowest BCUT2D eigenvalue weighted by molar-refractivity contribution is -0.122. The van der Waals surface area contributed by atoms with Crippen LogP contribution >= 0.6 is 45.3 Å². The Kier molecular flexibility index (Phi) is 31.7. The van der Waals surface area contributed by atoms with Gasteiger partial charge >= 0.3 is 0 Å². The van der Waals surface area contributed by atoms with Crippen LogP contribution in [0.5, 0.6) is 0 Å². The number of hydrogen-bond donors (Lipinski definition) is 9. The SMILES string of the molecule is CCN(CC)CCn1cc(NC(=O)c2csc(-c3cn[nH]c3)n2)c(-c2ccccn2)n1.O=C(Nc1cn(CCOCCF)nc1-c1ccccn1)c1csc(-c2cn[nH]c2)n1.O=C(Nc1cn(CCOCCF)nc1-c1ccccn1)c1csc(-c2cn[nH]c2)n1.O=C(Nc1cn(Cc2ccccc2)nc1-c1ccccn1)c1csc(-c2cn[nH]c2)n1.O=CO. The third kappa shape index (κ3) is 24.5. The summed E-state index contributed by atoms with van der Waals surface area (Å²) in [5.41, 5.74) is 12.8. The number of aromatic nitrogens is 24. The number of halogens is 2. The number of likely N-dealkylation sites (N-methyl/N-ethyl adjacent to an activating group) is 1. The van der Waals surface area contributed by atoms with Crippen LogP contribution in [-0.2, 0) is 40.4 Å². The number of alkyl halides is 2. The number of pyridine rings is 4. The number of ether oxygens (including phenoxy) is 2. The third-order valence-electron chi connectivity index (χ3n) is 17.7. The van der Waals surface area contributed by atoms with Crippen molar-refractivity contribution in [1.82, 2.24) is 125 Å². The van der Waals surface area contributed by atoms with Crippen molar-refractivity contribution in [1.29, 1.82) is 0 Å². The molecule has 638 valence electrons. The lowest BCUT2D eigenvalue weighted by atomic mass is 10.2. The van der Waals surface area contributed by atoms with E-state index in [1.807, 2.05) is 108 Å². The summed E-state index contributed by atoms with van der Waals surface area (Å²) in [6.07, 6.45) is 27.4. The fourth-order valence-corrected chi connectivity index (χ4v) is 14.8. The van der Waals surface area contributed by atoms with E-state index in [0.717, 1.165) is 64.0 Å². The molecule has 0 fully saturated rings. The molecule has 16 aromatic heterocycles. The number of amides is 4. The molecule has 16 heterocycles. The van der Waals surface area contributed by atoms with Crippen molar-refractivity contribution in [3.8, 4) is 87.8 Å². The number of carbonyl (C=O) groups is 5. The third-order valence-corrected chi connectivity index (χ3v) is 21.3. The number of nitrogens with zero attached hydrogens (tertiary/aromatic N) is 21. The number of aromatic amines is 4. The molecule has 0 bridgehead atoms. The number of rotatable bonds is 33. The molecule has 0 spiro atoms. The predicted octanol–water partition coefficient (Wildman–Crippen LogP) is 13.2. The highest BCUT2D eigenvalue weighted by atomic mass is 32.1. The van der Waals surface area contributed by atoms with Gasteiger partial charge in [-0.05, 0) is 67.2 Å². The van der Waals surface area contributed by atoms with Crippen molar-refractivity contribution in [2.24, 2.45) is 0 Å². The van der Waals surface area contributed by atoms with Crippen molar-refractivity contribution in [3.63, 3.8) is 0 Å². The molecule has 0 saturated heterocycles. The largest absolute Gasteiger partial charge is 0.483 e. The topological polar surface area (TPSA) is 465 Å². The van der Waals surface area contributed by atoms with Gasteiger partial charge in [0.1, 0.15) is 78.9 Å². The Bertz CT molecular complexity index is 5970. The van der Waals surface area contributed by atoms with Crippen LogP contribution in [0.4, 0.5) is 31.5 Å². The monoisotopic (exact) mass is 1760 g/mol. The van der Waals surface area contributed by atoms with Gasteiger partial charge < -0.3 is 40.7 Å². The minimum absolute atomic E-state index is 0.0424. The van der Waals surface area contributed by atoms with E-state index in [1.165, 1.54) is 45.3 Å². The maximum absolute atomic E-state index is 12.9. The van der Waals surface area contributed by atoms with E-state index in [1.54, 1.807) is 134 Å². The number of hydrogen-bond acceptors (Lipinski definition) is 28. The Balaban J connectivity index is 0.000000141. The quantitative estimate of drug-likeness (QED) is 0.0136. The van der Waals surface area contributed by atoms with E-state index in [2.05, 4.69) is 136 Å². The van der Waals surface area contributed by atoms with Crippen LogP contribution in [0, 0.1) is 0 Å². The van der Waals surface area contributed by atoms with E-state index in [-0.39, 0.29) is 43.3 Å². The molecule has 0 saturated carbocycles. The Morgan fingerprint density at radius 2 is 0.720 bits per heavy atom. The molecule has 37 nitrogen and oxygen atoms in total. The Hall–Kier alpha value is -14.9. The maximum atomic E-state index is 12.9. The second-order valence-corrected chi connectivity index (χ2v) is 29.5. The molecule has 0 unspecified atom stereocenters. The van der Waals surface area contributed by atoms with Crippen molar-refractivity contribution in [2.45, 2.75) is 40.0 Å². The van der Waals surface area contributed by atoms with Crippen LogP contribution in [0.25, 0.3) is 87.8 Å². The molecule has 0 aliphatic rings. The summed E-state index contributed by atoms with van der Waals surface area (Å²) in [6.45, 7) is 8.64. The first-order valence-electron chi connectivity index (χ1n) is 38.4. The van der Waals surface area contributed by atoms with Crippen LogP contribution in [0.3, 0.4) is 0 Å². The molecular weight excluding hydrogens is 1690 g/mol. The van der Waals surface area contributed by atoms with Gasteiger partial charge in [0.15, 0.2) is 0 Å². The van der Waals surface area contributed by atoms with Gasteiger partial charge in [-0.3, -0.25) is 83.0 Å².